The number of ketones is 1. The molecule has 8 aromatic rings. The summed E-state index contributed by atoms with van der Waals surface area (Å²) in [5, 5.41) is 21.8. The van der Waals surface area contributed by atoms with Gasteiger partial charge < -0.3 is 19.3 Å². The number of aromatic nitrogens is 4. The minimum absolute atomic E-state index is 0.0503. The molecule has 0 radical (unpaired) electrons. The average Bonchev–Trinajstić information content (AvgIpc) is 3.85. The third-order valence-electron chi connectivity index (χ3n) is 12.5. The van der Waals surface area contributed by atoms with Gasteiger partial charge >= 0.3 is 5.97 Å². The van der Waals surface area contributed by atoms with E-state index in [-0.39, 0.29) is 45.2 Å². The van der Waals surface area contributed by atoms with E-state index in [2.05, 4.69) is 46.6 Å². The SMILES string of the molecule is C=C(C)C(=O)OCc1cc(-n2nc3ccc(Cl)cc3n2)c(O)c(C(C)(C)C)c1.C=Cc1ccc(S(=O)(=O)/C(=C\C=C\N(CC)CC)C(=O)CCC)cc1.C=Cc1cccc(Cn2c3ccccc3c(=O)c3ccccc32)c1. The summed E-state index contributed by atoms with van der Waals surface area (Å²) in [5.74, 6) is -0.752. The summed E-state index contributed by atoms with van der Waals surface area (Å²) < 4.78 is 33.3. The maximum atomic E-state index is 12.9. The molecule has 12 nitrogen and oxygen atoms in total. The minimum atomic E-state index is -3.85. The van der Waals surface area contributed by atoms with Gasteiger partial charge in [0.2, 0.25) is 9.84 Å². The van der Waals surface area contributed by atoms with Crippen molar-refractivity contribution >= 4 is 78.2 Å². The first-order valence-corrected chi connectivity index (χ1v) is 27.2. The highest BCUT2D eigenvalue weighted by atomic mass is 35.5. The number of ether oxygens (including phenoxy) is 1. The number of benzene rings is 6. The van der Waals surface area contributed by atoms with Crippen LogP contribution in [-0.2, 0) is 42.7 Å². The molecule has 398 valence electrons. The van der Waals surface area contributed by atoms with Crippen LogP contribution in [-0.4, -0.2) is 62.8 Å². The van der Waals surface area contributed by atoms with E-state index in [1.54, 1.807) is 61.7 Å². The molecule has 0 aliphatic rings. The van der Waals surface area contributed by atoms with Gasteiger partial charge in [-0.25, -0.2) is 13.2 Å². The first-order valence-electron chi connectivity index (χ1n) is 25.3. The van der Waals surface area contributed by atoms with Gasteiger partial charge in [-0.15, -0.1) is 15.0 Å². The molecule has 2 heterocycles. The molecular weight excluding hydrogens is 1010 g/mol. The minimum Gasteiger partial charge on any atom is -0.505 e. The third kappa shape index (κ3) is 14.4. The highest BCUT2D eigenvalue weighted by molar-refractivity contribution is 7.96. The summed E-state index contributed by atoms with van der Waals surface area (Å²) in [7, 11) is -3.85. The van der Waals surface area contributed by atoms with Gasteiger partial charge in [-0.1, -0.05) is 126 Å². The van der Waals surface area contributed by atoms with E-state index in [0.29, 0.717) is 51.4 Å². The second-order valence-corrected chi connectivity index (χ2v) is 21.5. The van der Waals surface area contributed by atoms with E-state index in [0.717, 1.165) is 46.0 Å². The predicted molar refractivity (Wildman–Crippen MR) is 314 cm³/mol. The molecule has 0 atom stereocenters. The van der Waals surface area contributed by atoms with Gasteiger partial charge in [-0.2, -0.15) is 0 Å². The van der Waals surface area contributed by atoms with Crippen LogP contribution in [0, 0.1) is 0 Å². The Morgan fingerprint density at radius 1 is 0.779 bits per heavy atom. The molecule has 8 rings (SSSR count). The Bertz CT molecular complexity index is 3650. The second-order valence-electron chi connectivity index (χ2n) is 19.2. The van der Waals surface area contributed by atoms with Crippen molar-refractivity contribution in [2.45, 2.75) is 84.8 Å². The Hall–Kier alpha value is -8.13. The highest BCUT2D eigenvalue weighted by Crippen LogP contribution is 2.37. The van der Waals surface area contributed by atoms with E-state index >= 15 is 0 Å². The van der Waals surface area contributed by atoms with Crippen LogP contribution in [0.3, 0.4) is 0 Å². The topological polar surface area (TPSA) is 154 Å². The van der Waals surface area contributed by atoms with Crippen LogP contribution >= 0.6 is 11.6 Å². The second kappa shape index (κ2) is 26.1. The van der Waals surface area contributed by atoms with Crippen molar-refractivity contribution in [1.29, 1.82) is 0 Å². The number of Topliss-reactive ketones (excluding diaryl/α,β-unsaturated/α-hetero) is 1. The lowest BCUT2D eigenvalue weighted by atomic mass is 9.85. The number of phenolic OH excluding ortho intramolecular Hbond substituents is 1. The number of sulfone groups is 1. The van der Waals surface area contributed by atoms with Crippen molar-refractivity contribution in [3.05, 3.63) is 219 Å². The van der Waals surface area contributed by atoms with Gasteiger partial charge in [0.1, 0.15) is 34.0 Å². The van der Waals surface area contributed by atoms with Gasteiger partial charge in [0, 0.05) is 53.0 Å². The molecule has 14 heteroatoms. The Morgan fingerprint density at radius 2 is 1.40 bits per heavy atom. The molecule has 0 aliphatic heterocycles. The van der Waals surface area contributed by atoms with Crippen molar-refractivity contribution in [2.24, 2.45) is 0 Å². The van der Waals surface area contributed by atoms with Crippen LogP contribution in [0.1, 0.15) is 89.1 Å². The van der Waals surface area contributed by atoms with Crippen LogP contribution in [0.4, 0.5) is 0 Å². The fraction of sp³-hybridized carbons (Fsp3) is 0.222. The number of carbonyl (C=O) groups is 2. The number of nitrogens with zero attached hydrogens (tertiary/aromatic N) is 5. The summed E-state index contributed by atoms with van der Waals surface area (Å²) in [4.78, 5) is 40.3. The summed E-state index contributed by atoms with van der Waals surface area (Å²) in [5.41, 5.74) is 8.20. The zero-order chi connectivity index (χ0) is 56.0. The van der Waals surface area contributed by atoms with Crippen LogP contribution in [0.5, 0.6) is 5.75 Å². The maximum Gasteiger partial charge on any atom is 0.333 e. The van der Waals surface area contributed by atoms with Crippen LogP contribution in [0.2, 0.25) is 5.02 Å². The largest absolute Gasteiger partial charge is 0.505 e. The van der Waals surface area contributed by atoms with Crippen molar-refractivity contribution in [3.8, 4) is 11.4 Å². The smallest absolute Gasteiger partial charge is 0.333 e. The van der Waals surface area contributed by atoms with Crippen LogP contribution in [0.25, 0.3) is 50.7 Å². The van der Waals surface area contributed by atoms with Gasteiger partial charge in [0.05, 0.1) is 15.9 Å². The molecule has 6 aromatic carbocycles. The van der Waals surface area contributed by atoms with Crippen molar-refractivity contribution in [1.82, 2.24) is 24.5 Å². The molecule has 0 unspecified atom stereocenters. The Balaban J connectivity index is 0.000000188. The molecule has 1 N–H and O–H groups in total. The van der Waals surface area contributed by atoms with Crippen LogP contribution < -0.4 is 5.43 Å². The predicted octanol–water partition coefficient (Wildman–Crippen LogP) is 13.8. The first kappa shape index (κ1) is 58.1. The Kier molecular flexibility index (Phi) is 19.7. The molecule has 77 heavy (non-hydrogen) atoms. The average molecular weight is 1070 g/mol. The quantitative estimate of drug-likeness (QED) is 0.0403. The molecule has 0 saturated heterocycles. The van der Waals surface area contributed by atoms with Gasteiger partial charge in [-0.05, 0) is 146 Å². The molecule has 0 saturated carbocycles. The van der Waals surface area contributed by atoms with Crippen molar-refractivity contribution in [3.63, 3.8) is 0 Å². The van der Waals surface area contributed by atoms with E-state index < -0.39 is 15.8 Å². The van der Waals surface area contributed by atoms with Crippen molar-refractivity contribution in [2.75, 3.05) is 13.1 Å². The summed E-state index contributed by atoms with van der Waals surface area (Å²) in [6.07, 6.45) is 9.14. The summed E-state index contributed by atoms with van der Waals surface area (Å²) in [6, 6.07) is 39.0. The fourth-order valence-electron chi connectivity index (χ4n) is 8.28. The number of fused-ring (bicyclic) bond motifs is 3. The lowest BCUT2D eigenvalue weighted by Gasteiger charge is -2.23. The molecule has 0 spiro atoms. The molecule has 0 amide bonds. The number of phenols is 1. The van der Waals surface area contributed by atoms with E-state index in [1.165, 1.54) is 28.6 Å². The lowest BCUT2D eigenvalue weighted by molar-refractivity contribution is -0.140. The number of pyridine rings is 1. The molecule has 0 aliphatic carbocycles. The monoisotopic (exact) mass is 1070 g/mol. The van der Waals surface area contributed by atoms with Gasteiger partial charge in [0.15, 0.2) is 11.2 Å². The van der Waals surface area contributed by atoms with E-state index in [9.17, 15) is 27.9 Å². The normalized spacial score (nSPS) is 11.7. The summed E-state index contributed by atoms with van der Waals surface area (Å²) in [6.45, 7) is 26.9. The number of carbonyl (C=O) groups excluding carboxylic acids is 2. The number of aromatic hydroxyl groups is 1. The number of hydrogen-bond acceptors (Lipinski definition) is 10. The number of allylic oxidation sites excluding steroid dienone is 3. The third-order valence-corrected chi connectivity index (χ3v) is 14.5. The summed E-state index contributed by atoms with van der Waals surface area (Å²) >= 11 is 6.03. The molecule has 0 bridgehead atoms. The van der Waals surface area contributed by atoms with Gasteiger partial charge in [0.25, 0.3) is 0 Å². The number of halogens is 1. The Labute approximate surface area is 456 Å². The maximum absolute atomic E-state index is 12.9. The zero-order valence-corrected chi connectivity index (χ0v) is 46.4. The standard InChI is InChI=1S/C22H17NO.C21H22ClN3O3.C20H27NO3S/c1-2-16-8-7-9-17(14-16)15-23-20-12-5-3-10-18(20)22(24)19-11-4-6-13-21(19)23;1-12(2)20(27)28-11-13-8-15(21(3,4)5)19(26)18(9-13)25-23-16-7-6-14(22)10-17(16)24-25;1-5-10-19(22)20(11-9-16-21(7-3)8-4)25(23,24)18-14-12-17(6-2)13-15-18/h2-14H,1,15H2;6-10,26H,1,11H2,2-5H3;6,9,11-16H,2,5,7-8,10H2,1,3-4H3/b;;16-9+,20-11-. The van der Waals surface area contributed by atoms with Crippen molar-refractivity contribution < 1.29 is 27.9 Å². The lowest BCUT2D eigenvalue weighted by Crippen LogP contribution is -2.16. The molecule has 0 fully saturated rings. The van der Waals surface area contributed by atoms with E-state index in [4.69, 9.17) is 16.3 Å². The first-order chi connectivity index (χ1) is 36.7. The fourth-order valence-corrected chi connectivity index (χ4v) is 9.85. The highest BCUT2D eigenvalue weighted by Gasteiger charge is 2.26. The van der Waals surface area contributed by atoms with Gasteiger partial charge in [-0.3, -0.25) is 9.59 Å². The molecular formula is C63H66ClN5O7S. The van der Waals surface area contributed by atoms with Crippen LogP contribution in [0.15, 0.2) is 186 Å². The number of rotatable bonds is 17. The Morgan fingerprint density at radius 3 is 1.99 bits per heavy atom. The van der Waals surface area contributed by atoms with E-state index in [1.807, 2.05) is 119 Å². The number of hydrogen-bond donors (Lipinski definition) is 1. The number of para-hydroxylation sites is 2. The zero-order valence-electron chi connectivity index (χ0n) is 44.8. The number of esters is 1. The molecule has 2 aromatic heterocycles.